The van der Waals surface area contributed by atoms with Crippen molar-refractivity contribution in [3.63, 3.8) is 0 Å². The molecule has 1 amide bonds. The third kappa shape index (κ3) is 7.53. The summed E-state index contributed by atoms with van der Waals surface area (Å²) in [4.78, 5) is 28.6. The van der Waals surface area contributed by atoms with Crippen LogP contribution in [0.1, 0.15) is 38.4 Å². The maximum Gasteiger partial charge on any atom is 0.435 e. The van der Waals surface area contributed by atoms with E-state index in [9.17, 15) is 27.2 Å². The van der Waals surface area contributed by atoms with Gasteiger partial charge in [-0.3, -0.25) is 19.2 Å². The molecule has 1 aliphatic heterocycles. The Labute approximate surface area is 223 Å². The van der Waals surface area contributed by atoms with Gasteiger partial charge in [0.15, 0.2) is 11.5 Å². The van der Waals surface area contributed by atoms with Crippen LogP contribution >= 0.6 is 0 Å². The fourth-order valence-electron chi connectivity index (χ4n) is 4.23. The minimum absolute atomic E-state index is 0.179. The summed E-state index contributed by atoms with van der Waals surface area (Å²) in [5.41, 5.74) is -0.361. The number of ketones is 1. The number of allylic oxidation sites excluding steroid dienone is 1. The van der Waals surface area contributed by atoms with Gasteiger partial charge in [0.25, 0.3) is 5.91 Å². The van der Waals surface area contributed by atoms with Gasteiger partial charge >= 0.3 is 6.18 Å². The summed E-state index contributed by atoms with van der Waals surface area (Å²) in [5.74, 6) is -0.551. The van der Waals surface area contributed by atoms with Crippen LogP contribution in [0.4, 0.5) is 17.6 Å². The molecule has 0 atom stereocenters. The SMILES string of the molecule is Cn1cc(C(=O)N2CCN(CCCOc3ccc(C(=O)/C=C/c4ccc(F)cc4)cc3)CC2)c(C(F)(F)F)n1. The fourth-order valence-corrected chi connectivity index (χ4v) is 4.23. The van der Waals surface area contributed by atoms with Crippen molar-refractivity contribution < 1.29 is 31.9 Å². The number of hydrogen-bond donors (Lipinski definition) is 0. The van der Waals surface area contributed by atoms with E-state index in [4.69, 9.17) is 4.74 Å². The van der Waals surface area contributed by atoms with Crippen LogP contribution in [0.2, 0.25) is 0 Å². The number of amides is 1. The van der Waals surface area contributed by atoms with Crippen molar-refractivity contribution in [3.05, 3.63) is 89.0 Å². The van der Waals surface area contributed by atoms with Crippen LogP contribution in [-0.4, -0.2) is 70.6 Å². The molecule has 0 aliphatic carbocycles. The third-order valence-corrected chi connectivity index (χ3v) is 6.31. The molecule has 0 unspecified atom stereocenters. The zero-order chi connectivity index (χ0) is 28.0. The predicted octanol–water partition coefficient (Wildman–Crippen LogP) is 4.70. The van der Waals surface area contributed by atoms with Crippen LogP contribution in [-0.2, 0) is 13.2 Å². The summed E-state index contributed by atoms with van der Waals surface area (Å²) in [6, 6.07) is 12.6. The highest BCUT2D eigenvalue weighted by molar-refractivity contribution is 6.06. The Kier molecular flexibility index (Phi) is 8.80. The topological polar surface area (TPSA) is 67.7 Å². The Balaban J connectivity index is 1.17. The third-order valence-electron chi connectivity index (χ3n) is 6.31. The second kappa shape index (κ2) is 12.2. The minimum atomic E-state index is -4.69. The second-order valence-electron chi connectivity index (χ2n) is 9.17. The van der Waals surface area contributed by atoms with E-state index < -0.39 is 23.3 Å². The van der Waals surface area contributed by atoms with Crippen LogP contribution in [0.15, 0.2) is 60.8 Å². The first-order valence-electron chi connectivity index (χ1n) is 12.4. The molecule has 0 saturated carbocycles. The average molecular weight is 545 g/mol. The van der Waals surface area contributed by atoms with Gasteiger partial charge in [-0.1, -0.05) is 18.2 Å². The van der Waals surface area contributed by atoms with Crippen molar-refractivity contribution in [3.8, 4) is 5.75 Å². The van der Waals surface area contributed by atoms with E-state index in [0.29, 0.717) is 50.6 Å². The summed E-state index contributed by atoms with van der Waals surface area (Å²) < 4.78 is 59.4. The lowest BCUT2D eigenvalue weighted by Gasteiger charge is -2.34. The Morgan fingerprint density at radius 1 is 1.00 bits per heavy atom. The number of carbonyl (C=O) groups excluding carboxylic acids is 2. The standard InChI is InChI=1S/C28H28F4N4O3/c1-34-19-24(26(33-34)28(30,31)32)27(38)36-16-14-35(15-17-36)13-2-18-39-23-10-6-21(7-11-23)25(37)12-5-20-3-8-22(29)9-4-20/h3-12,19H,2,13-18H2,1H3/b12-5+. The van der Waals surface area contributed by atoms with Gasteiger partial charge in [0.1, 0.15) is 11.6 Å². The lowest BCUT2D eigenvalue weighted by atomic mass is 10.1. The number of rotatable bonds is 9. The number of nitrogens with zero attached hydrogens (tertiary/aromatic N) is 4. The number of aromatic nitrogens is 2. The molecular weight excluding hydrogens is 516 g/mol. The van der Waals surface area contributed by atoms with Gasteiger partial charge in [-0.25, -0.2) is 4.39 Å². The van der Waals surface area contributed by atoms with E-state index >= 15 is 0 Å². The first-order valence-corrected chi connectivity index (χ1v) is 12.4. The number of carbonyl (C=O) groups is 2. The molecule has 3 aromatic rings. The molecule has 0 spiro atoms. The Morgan fingerprint density at radius 2 is 1.67 bits per heavy atom. The molecule has 4 rings (SSSR count). The zero-order valence-corrected chi connectivity index (χ0v) is 21.3. The number of alkyl halides is 3. The average Bonchev–Trinajstić information content (AvgIpc) is 3.33. The predicted molar refractivity (Wildman–Crippen MR) is 137 cm³/mol. The monoisotopic (exact) mass is 544 g/mol. The van der Waals surface area contributed by atoms with E-state index in [1.165, 1.54) is 30.2 Å². The van der Waals surface area contributed by atoms with Gasteiger partial charge in [0.05, 0.1) is 12.2 Å². The Morgan fingerprint density at radius 3 is 2.31 bits per heavy atom. The Bertz CT molecular complexity index is 1310. The number of halogens is 4. The molecular formula is C28H28F4N4O3. The van der Waals surface area contributed by atoms with Crippen molar-refractivity contribution in [1.29, 1.82) is 0 Å². The molecule has 39 heavy (non-hydrogen) atoms. The first-order chi connectivity index (χ1) is 18.6. The van der Waals surface area contributed by atoms with Crippen molar-refractivity contribution in [1.82, 2.24) is 19.6 Å². The Hall–Kier alpha value is -3.99. The van der Waals surface area contributed by atoms with Gasteiger partial charge in [0, 0.05) is 51.5 Å². The van der Waals surface area contributed by atoms with Crippen molar-refractivity contribution in [2.45, 2.75) is 12.6 Å². The number of aryl methyl sites for hydroxylation is 1. The number of hydrogen-bond acceptors (Lipinski definition) is 5. The fraction of sp³-hybridized carbons (Fsp3) is 0.321. The molecule has 2 heterocycles. The number of piperazine rings is 1. The summed E-state index contributed by atoms with van der Waals surface area (Å²) in [6.45, 7) is 2.92. The summed E-state index contributed by atoms with van der Waals surface area (Å²) in [7, 11) is 1.36. The van der Waals surface area contributed by atoms with Crippen molar-refractivity contribution >= 4 is 17.8 Å². The van der Waals surface area contributed by atoms with Crippen LogP contribution < -0.4 is 4.74 Å². The van der Waals surface area contributed by atoms with Crippen molar-refractivity contribution in [2.75, 3.05) is 39.3 Å². The largest absolute Gasteiger partial charge is 0.494 e. The molecule has 1 saturated heterocycles. The second-order valence-corrected chi connectivity index (χ2v) is 9.17. The number of benzene rings is 2. The van der Waals surface area contributed by atoms with Crippen molar-refractivity contribution in [2.24, 2.45) is 7.05 Å². The molecule has 1 aliphatic rings. The summed E-state index contributed by atoms with van der Waals surface area (Å²) in [6.07, 6.45) is 0.201. The normalized spacial score (nSPS) is 14.6. The van der Waals surface area contributed by atoms with E-state index in [1.807, 2.05) is 0 Å². The molecule has 0 bridgehead atoms. The van der Waals surface area contributed by atoms with E-state index in [1.54, 1.807) is 42.5 Å². The number of ether oxygens (including phenoxy) is 1. The minimum Gasteiger partial charge on any atom is -0.494 e. The molecule has 2 aromatic carbocycles. The van der Waals surface area contributed by atoms with E-state index in [0.717, 1.165) is 22.9 Å². The highest BCUT2D eigenvalue weighted by Gasteiger charge is 2.40. The highest BCUT2D eigenvalue weighted by Crippen LogP contribution is 2.31. The van der Waals surface area contributed by atoms with E-state index in [2.05, 4.69) is 10.00 Å². The lowest BCUT2D eigenvalue weighted by molar-refractivity contribution is -0.141. The van der Waals surface area contributed by atoms with E-state index in [-0.39, 0.29) is 11.6 Å². The summed E-state index contributed by atoms with van der Waals surface area (Å²) >= 11 is 0. The zero-order valence-electron chi connectivity index (χ0n) is 21.3. The maximum absolute atomic E-state index is 13.2. The highest BCUT2D eigenvalue weighted by atomic mass is 19.4. The van der Waals surface area contributed by atoms with Crippen LogP contribution in [0.5, 0.6) is 5.75 Å². The molecule has 7 nitrogen and oxygen atoms in total. The molecule has 11 heteroatoms. The first kappa shape index (κ1) is 28.0. The smallest absolute Gasteiger partial charge is 0.435 e. The molecule has 206 valence electrons. The van der Waals surface area contributed by atoms with Gasteiger partial charge < -0.3 is 9.64 Å². The van der Waals surface area contributed by atoms with Gasteiger partial charge in [-0.2, -0.15) is 18.3 Å². The van der Waals surface area contributed by atoms with Gasteiger partial charge in [-0.15, -0.1) is 0 Å². The molecule has 1 aromatic heterocycles. The van der Waals surface area contributed by atoms with Crippen LogP contribution in [0.25, 0.3) is 6.08 Å². The quantitative estimate of drug-likeness (QED) is 0.169. The van der Waals surface area contributed by atoms with Gasteiger partial charge in [0.2, 0.25) is 0 Å². The molecule has 1 fully saturated rings. The maximum atomic E-state index is 13.2. The molecule has 0 N–H and O–H groups in total. The lowest BCUT2D eigenvalue weighted by Crippen LogP contribution is -2.49. The van der Waals surface area contributed by atoms with Gasteiger partial charge in [-0.05, 0) is 54.5 Å². The van der Waals surface area contributed by atoms with Crippen LogP contribution in [0.3, 0.4) is 0 Å². The van der Waals surface area contributed by atoms with Crippen LogP contribution in [0, 0.1) is 5.82 Å². The molecule has 0 radical (unpaired) electrons. The summed E-state index contributed by atoms with van der Waals surface area (Å²) in [5, 5.41) is 3.41.